The van der Waals surface area contributed by atoms with Gasteiger partial charge in [-0.1, -0.05) is 13.3 Å². The molecule has 0 spiro atoms. The van der Waals surface area contributed by atoms with Crippen molar-refractivity contribution < 1.29 is 13.2 Å². The van der Waals surface area contributed by atoms with Gasteiger partial charge >= 0.3 is 0 Å². The normalized spacial score (nSPS) is 13.5. The van der Waals surface area contributed by atoms with Crippen LogP contribution >= 0.6 is 11.6 Å². The van der Waals surface area contributed by atoms with Crippen LogP contribution in [-0.2, 0) is 15.9 Å². The average molecular weight is 320 g/mol. The molecular formula is C14H22ClNO3S. The zero-order valence-corrected chi connectivity index (χ0v) is 14.0. The van der Waals surface area contributed by atoms with Gasteiger partial charge in [0.2, 0.25) is 10.0 Å². The lowest BCUT2D eigenvalue weighted by atomic mass is 10.2. The topological polar surface area (TPSA) is 46.6 Å². The van der Waals surface area contributed by atoms with Crippen LogP contribution in [0.15, 0.2) is 23.1 Å². The van der Waals surface area contributed by atoms with E-state index >= 15 is 0 Å². The monoisotopic (exact) mass is 319 g/mol. The van der Waals surface area contributed by atoms with E-state index in [1.807, 2.05) is 13.8 Å². The van der Waals surface area contributed by atoms with Gasteiger partial charge in [-0.3, -0.25) is 0 Å². The summed E-state index contributed by atoms with van der Waals surface area (Å²) in [5.41, 5.74) is 0.673. The number of halogens is 1. The first-order valence-corrected chi connectivity index (χ1v) is 8.56. The maximum absolute atomic E-state index is 12.6. The fourth-order valence-corrected chi connectivity index (χ4v) is 3.67. The van der Waals surface area contributed by atoms with Crippen LogP contribution in [0.1, 0.15) is 32.3 Å². The van der Waals surface area contributed by atoms with Gasteiger partial charge in [0, 0.05) is 18.7 Å². The van der Waals surface area contributed by atoms with Gasteiger partial charge in [0.15, 0.2) is 0 Å². The Kier molecular flexibility index (Phi) is 6.30. The number of hydrogen-bond donors (Lipinski definition) is 0. The summed E-state index contributed by atoms with van der Waals surface area (Å²) in [5.74, 6) is 0.809. The molecule has 1 atom stereocenters. The Balaban J connectivity index is 3.15. The molecule has 1 aromatic carbocycles. The molecule has 0 fully saturated rings. The van der Waals surface area contributed by atoms with E-state index in [1.165, 1.54) is 11.4 Å². The van der Waals surface area contributed by atoms with Crippen LogP contribution in [0.5, 0.6) is 5.75 Å². The van der Waals surface area contributed by atoms with Gasteiger partial charge in [0.25, 0.3) is 0 Å². The fourth-order valence-electron chi connectivity index (χ4n) is 2.02. The van der Waals surface area contributed by atoms with Crippen LogP contribution in [0.4, 0.5) is 0 Å². The summed E-state index contributed by atoms with van der Waals surface area (Å²) >= 11 is 5.84. The van der Waals surface area contributed by atoms with Gasteiger partial charge in [0.1, 0.15) is 5.75 Å². The molecule has 0 amide bonds. The van der Waals surface area contributed by atoms with Crippen molar-refractivity contribution in [2.45, 2.75) is 43.5 Å². The molecule has 1 rings (SSSR count). The Labute approximate surface area is 126 Å². The van der Waals surface area contributed by atoms with E-state index in [9.17, 15) is 8.42 Å². The predicted molar refractivity (Wildman–Crippen MR) is 81.9 cm³/mol. The first-order valence-electron chi connectivity index (χ1n) is 6.59. The maximum atomic E-state index is 12.6. The molecule has 0 aliphatic rings. The molecule has 0 aliphatic heterocycles. The van der Waals surface area contributed by atoms with Crippen molar-refractivity contribution in [3.63, 3.8) is 0 Å². The Morgan fingerprint density at radius 3 is 2.55 bits per heavy atom. The third kappa shape index (κ3) is 3.65. The number of nitrogens with zero attached hydrogens (tertiary/aromatic N) is 1. The van der Waals surface area contributed by atoms with E-state index in [0.29, 0.717) is 11.3 Å². The molecule has 0 aromatic heterocycles. The van der Waals surface area contributed by atoms with Gasteiger partial charge in [0.05, 0.1) is 17.9 Å². The molecule has 6 heteroatoms. The lowest BCUT2D eigenvalue weighted by Gasteiger charge is -2.24. The number of methoxy groups -OCH3 is 1. The molecule has 1 aromatic rings. The molecular weight excluding hydrogens is 298 g/mol. The molecule has 4 nitrogen and oxygen atoms in total. The van der Waals surface area contributed by atoms with Crippen LogP contribution in [0, 0.1) is 0 Å². The zero-order valence-electron chi connectivity index (χ0n) is 12.4. The Morgan fingerprint density at radius 1 is 1.40 bits per heavy atom. The molecule has 0 heterocycles. The van der Waals surface area contributed by atoms with E-state index < -0.39 is 10.0 Å². The summed E-state index contributed by atoms with van der Waals surface area (Å²) in [5, 5.41) is 0. The summed E-state index contributed by atoms with van der Waals surface area (Å²) in [7, 11) is -0.351. The number of rotatable bonds is 7. The lowest BCUT2D eigenvalue weighted by molar-refractivity contribution is 0.368. The highest BCUT2D eigenvalue weighted by atomic mass is 35.5. The Hall–Kier alpha value is -0.780. The fraction of sp³-hybridized carbons (Fsp3) is 0.571. The minimum atomic E-state index is -3.50. The highest BCUT2D eigenvalue weighted by Gasteiger charge is 2.25. The first-order chi connectivity index (χ1) is 9.38. The van der Waals surface area contributed by atoms with Crippen molar-refractivity contribution in [2.75, 3.05) is 14.2 Å². The van der Waals surface area contributed by atoms with Crippen molar-refractivity contribution in [2.24, 2.45) is 0 Å². The minimum absolute atomic E-state index is 0.0356. The van der Waals surface area contributed by atoms with Crippen molar-refractivity contribution >= 4 is 21.6 Å². The van der Waals surface area contributed by atoms with Crippen LogP contribution < -0.4 is 4.74 Å². The van der Waals surface area contributed by atoms with E-state index in [2.05, 4.69) is 0 Å². The van der Waals surface area contributed by atoms with Gasteiger partial charge in [-0.2, -0.15) is 4.31 Å². The number of ether oxygens (including phenoxy) is 1. The number of benzene rings is 1. The summed E-state index contributed by atoms with van der Waals surface area (Å²) in [6.45, 7) is 3.95. The quantitative estimate of drug-likeness (QED) is 0.725. The molecule has 1 unspecified atom stereocenters. The van der Waals surface area contributed by atoms with E-state index in [1.54, 1.807) is 25.2 Å². The molecule has 0 saturated carbocycles. The van der Waals surface area contributed by atoms with E-state index in [-0.39, 0.29) is 16.8 Å². The highest BCUT2D eigenvalue weighted by molar-refractivity contribution is 7.89. The Morgan fingerprint density at radius 2 is 2.05 bits per heavy atom. The van der Waals surface area contributed by atoms with Crippen LogP contribution in [-0.4, -0.2) is 32.9 Å². The molecule has 0 aliphatic carbocycles. The van der Waals surface area contributed by atoms with E-state index in [0.717, 1.165) is 12.8 Å². The van der Waals surface area contributed by atoms with Crippen molar-refractivity contribution in [1.82, 2.24) is 4.31 Å². The molecule has 0 radical (unpaired) electrons. The standard InChI is InChI=1S/C14H22ClNO3S/c1-5-6-11(2)16(3)20(17,18)13-7-8-14(19-4)12(9-13)10-15/h7-9,11H,5-6,10H2,1-4H3. The van der Waals surface area contributed by atoms with Crippen LogP contribution in [0.2, 0.25) is 0 Å². The predicted octanol–water partition coefficient (Wildman–Crippen LogP) is 3.24. The summed E-state index contributed by atoms with van der Waals surface area (Å²) in [6.07, 6.45) is 1.77. The lowest BCUT2D eigenvalue weighted by Crippen LogP contribution is -2.35. The smallest absolute Gasteiger partial charge is 0.243 e. The number of alkyl halides is 1. The summed E-state index contributed by atoms with van der Waals surface area (Å²) < 4.78 is 31.7. The highest BCUT2D eigenvalue weighted by Crippen LogP contribution is 2.26. The molecule has 0 N–H and O–H groups in total. The average Bonchev–Trinajstić information content (AvgIpc) is 2.45. The number of sulfonamides is 1. The number of hydrogen-bond acceptors (Lipinski definition) is 3. The summed E-state index contributed by atoms with van der Waals surface area (Å²) in [4.78, 5) is 0.249. The SMILES string of the molecule is CCCC(C)N(C)S(=O)(=O)c1ccc(OC)c(CCl)c1. The molecule has 0 saturated heterocycles. The minimum Gasteiger partial charge on any atom is -0.496 e. The van der Waals surface area contributed by atoms with Crippen LogP contribution in [0.3, 0.4) is 0 Å². The third-order valence-electron chi connectivity index (χ3n) is 3.40. The Bertz CT molecular complexity index is 545. The second-order valence-corrected chi connectivity index (χ2v) is 7.03. The molecule has 114 valence electrons. The van der Waals surface area contributed by atoms with Crippen molar-refractivity contribution in [3.8, 4) is 5.75 Å². The van der Waals surface area contributed by atoms with Crippen molar-refractivity contribution in [1.29, 1.82) is 0 Å². The summed E-state index contributed by atoms with van der Waals surface area (Å²) in [6, 6.07) is 4.74. The zero-order chi connectivity index (χ0) is 15.3. The van der Waals surface area contributed by atoms with E-state index in [4.69, 9.17) is 16.3 Å². The third-order valence-corrected chi connectivity index (χ3v) is 5.66. The first kappa shape index (κ1) is 17.3. The van der Waals surface area contributed by atoms with Gasteiger partial charge in [-0.15, -0.1) is 11.6 Å². The van der Waals surface area contributed by atoms with Crippen LogP contribution in [0.25, 0.3) is 0 Å². The second-order valence-electron chi connectivity index (χ2n) is 4.77. The second kappa shape index (κ2) is 7.29. The van der Waals surface area contributed by atoms with Gasteiger partial charge < -0.3 is 4.74 Å². The van der Waals surface area contributed by atoms with Gasteiger partial charge in [-0.25, -0.2) is 8.42 Å². The maximum Gasteiger partial charge on any atom is 0.243 e. The van der Waals surface area contributed by atoms with Gasteiger partial charge in [-0.05, 0) is 31.5 Å². The largest absolute Gasteiger partial charge is 0.496 e. The molecule has 0 bridgehead atoms. The van der Waals surface area contributed by atoms with Crippen molar-refractivity contribution in [3.05, 3.63) is 23.8 Å². The molecule has 20 heavy (non-hydrogen) atoms.